The molecule has 0 aliphatic heterocycles. The number of benzene rings is 1. The maximum Gasteiger partial charge on any atom is 0.0912 e. The zero-order chi connectivity index (χ0) is 9.10. The van der Waals surface area contributed by atoms with E-state index in [4.69, 9.17) is 5.26 Å². The summed E-state index contributed by atoms with van der Waals surface area (Å²) >= 11 is 0. The van der Waals surface area contributed by atoms with Gasteiger partial charge in [0.2, 0.25) is 0 Å². The lowest BCUT2D eigenvalue weighted by Gasteiger charge is -2.01. The first-order valence-corrected chi connectivity index (χ1v) is 4.57. The minimum atomic E-state index is 0.750. The number of hydrogen-bond donors (Lipinski definition) is 0. The highest BCUT2D eigenvalue weighted by Crippen LogP contribution is 2.41. The van der Waals surface area contributed by atoms with Crippen molar-refractivity contribution in [2.45, 2.75) is 18.8 Å². The maximum absolute atomic E-state index is 8.44. The molecule has 1 heteroatoms. The van der Waals surface area contributed by atoms with Gasteiger partial charge in [-0.25, -0.2) is 0 Å². The Labute approximate surface area is 78.3 Å². The van der Waals surface area contributed by atoms with Crippen LogP contribution in [0, 0.1) is 11.3 Å². The van der Waals surface area contributed by atoms with Crippen LogP contribution in [0.3, 0.4) is 0 Å². The molecule has 1 aromatic rings. The molecule has 0 radical (unpaired) electrons. The van der Waals surface area contributed by atoms with E-state index in [2.05, 4.69) is 18.2 Å². The van der Waals surface area contributed by atoms with Crippen LogP contribution in [-0.4, -0.2) is 0 Å². The monoisotopic (exact) mass is 169 g/mol. The average Bonchev–Trinajstić information content (AvgIpc) is 2.98. The highest BCUT2D eigenvalue weighted by Gasteiger charge is 2.24. The van der Waals surface area contributed by atoms with Crippen LogP contribution in [0.15, 0.2) is 30.3 Å². The number of hydrogen-bond acceptors (Lipinski definition) is 1. The van der Waals surface area contributed by atoms with Gasteiger partial charge < -0.3 is 0 Å². The van der Waals surface area contributed by atoms with E-state index < -0.39 is 0 Å². The van der Waals surface area contributed by atoms with Crippen LogP contribution in [0.1, 0.15) is 29.9 Å². The SMILES string of the molecule is N#CC=Cc1ccccc1C1CC1. The Balaban J connectivity index is 2.32. The second kappa shape index (κ2) is 3.45. The molecule has 1 aliphatic rings. The Morgan fingerprint density at radius 2 is 2.08 bits per heavy atom. The molecule has 2 rings (SSSR count). The molecule has 0 spiro atoms. The number of nitrogens with zero attached hydrogens (tertiary/aromatic N) is 1. The number of nitriles is 1. The molecule has 13 heavy (non-hydrogen) atoms. The second-order valence-corrected chi connectivity index (χ2v) is 3.37. The van der Waals surface area contributed by atoms with Crippen LogP contribution in [0.2, 0.25) is 0 Å². The van der Waals surface area contributed by atoms with Gasteiger partial charge in [-0.3, -0.25) is 0 Å². The highest BCUT2D eigenvalue weighted by atomic mass is 14.3. The predicted molar refractivity (Wildman–Crippen MR) is 53.1 cm³/mol. The summed E-state index contributed by atoms with van der Waals surface area (Å²) in [4.78, 5) is 0. The van der Waals surface area contributed by atoms with Crippen molar-refractivity contribution in [2.24, 2.45) is 0 Å². The molecule has 0 amide bonds. The first-order chi connectivity index (χ1) is 6.42. The lowest BCUT2D eigenvalue weighted by molar-refractivity contribution is 1.12. The standard InChI is InChI=1S/C12H11N/c13-9-3-5-10-4-1-2-6-12(10)11-7-8-11/h1-6,11H,7-8H2. The van der Waals surface area contributed by atoms with Crippen molar-refractivity contribution in [2.75, 3.05) is 0 Å². The lowest BCUT2D eigenvalue weighted by Crippen LogP contribution is -1.83. The van der Waals surface area contributed by atoms with Gasteiger partial charge in [0.1, 0.15) is 0 Å². The molecule has 64 valence electrons. The topological polar surface area (TPSA) is 23.8 Å². The Morgan fingerprint density at radius 1 is 1.31 bits per heavy atom. The van der Waals surface area contributed by atoms with Gasteiger partial charge in [0.05, 0.1) is 6.07 Å². The van der Waals surface area contributed by atoms with E-state index in [0.717, 1.165) is 5.92 Å². The molecule has 0 N–H and O–H groups in total. The van der Waals surface area contributed by atoms with Crippen LogP contribution in [0.4, 0.5) is 0 Å². The van der Waals surface area contributed by atoms with Gasteiger partial charge in [-0.1, -0.05) is 24.3 Å². The fourth-order valence-corrected chi connectivity index (χ4v) is 1.56. The zero-order valence-corrected chi connectivity index (χ0v) is 7.40. The quantitative estimate of drug-likeness (QED) is 0.624. The van der Waals surface area contributed by atoms with Crippen LogP contribution >= 0.6 is 0 Å². The molecule has 1 saturated carbocycles. The van der Waals surface area contributed by atoms with E-state index in [1.165, 1.54) is 24.0 Å². The van der Waals surface area contributed by atoms with Gasteiger partial charge >= 0.3 is 0 Å². The van der Waals surface area contributed by atoms with Crippen molar-refractivity contribution in [3.63, 3.8) is 0 Å². The second-order valence-electron chi connectivity index (χ2n) is 3.37. The molecule has 0 bridgehead atoms. The summed E-state index contributed by atoms with van der Waals surface area (Å²) in [6.07, 6.45) is 6.05. The average molecular weight is 169 g/mol. The number of rotatable bonds is 2. The van der Waals surface area contributed by atoms with E-state index in [-0.39, 0.29) is 0 Å². The van der Waals surface area contributed by atoms with E-state index in [9.17, 15) is 0 Å². The van der Waals surface area contributed by atoms with E-state index in [1.807, 2.05) is 18.2 Å². The molecule has 0 aromatic heterocycles. The Hall–Kier alpha value is -1.55. The fourth-order valence-electron chi connectivity index (χ4n) is 1.56. The first kappa shape index (κ1) is 8.07. The summed E-state index contributed by atoms with van der Waals surface area (Å²) in [5.41, 5.74) is 2.60. The minimum Gasteiger partial charge on any atom is -0.193 e. The third kappa shape index (κ3) is 1.78. The molecule has 0 unspecified atom stereocenters. The molecule has 0 heterocycles. The van der Waals surface area contributed by atoms with E-state index in [0.29, 0.717) is 0 Å². The van der Waals surface area contributed by atoms with Gasteiger partial charge in [0.15, 0.2) is 0 Å². The van der Waals surface area contributed by atoms with Crippen molar-refractivity contribution in [1.29, 1.82) is 5.26 Å². The van der Waals surface area contributed by atoms with E-state index >= 15 is 0 Å². The summed E-state index contributed by atoms with van der Waals surface area (Å²) in [7, 11) is 0. The highest BCUT2D eigenvalue weighted by molar-refractivity contribution is 5.57. The largest absolute Gasteiger partial charge is 0.193 e. The molecule has 0 atom stereocenters. The van der Waals surface area contributed by atoms with E-state index in [1.54, 1.807) is 6.08 Å². The van der Waals surface area contributed by atoms with Crippen LogP contribution in [0.5, 0.6) is 0 Å². The third-order valence-corrected chi connectivity index (χ3v) is 2.35. The van der Waals surface area contributed by atoms with Gasteiger partial charge in [-0.05, 0) is 36.0 Å². The van der Waals surface area contributed by atoms with Gasteiger partial charge in [0.25, 0.3) is 0 Å². The summed E-state index contributed by atoms with van der Waals surface area (Å²) in [5, 5.41) is 8.44. The molecule has 1 fully saturated rings. The smallest absolute Gasteiger partial charge is 0.0912 e. The molecule has 1 aromatic carbocycles. The van der Waals surface area contributed by atoms with Gasteiger partial charge in [0, 0.05) is 6.08 Å². The fraction of sp³-hybridized carbons (Fsp3) is 0.250. The van der Waals surface area contributed by atoms with Crippen molar-refractivity contribution in [1.82, 2.24) is 0 Å². The summed E-state index contributed by atoms with van der Waals surface area (Å²) < 4.78 is 0. The summed E-state index contributed by atoms with van der Waals surface area (Å²) in [6, 6.07) is 10.3. The normalized spacial score (nSPS) is 15.9. The summed E-state index contributed by atoms with van der Waals surface area (Å²) in [5.74, 6) is 0.750. The lowest BCUT2D eigenvalue weighted by atomic mass is 10.0. The molecule has 1 nitrogen and oxygen atoms in total. The van der Waals surface area contributed by atoms with Crippen LogP contribution < -0.4 is 0 Å². The van der Waals surface area contributed by atoms with Crippen LogP contribution in [0.25, 0.3) is 6.08 Å². The van der Waals surface area contributed by atoms with Gasteiger partial charge in [-0.15, -0.1) is 0 Å². The first-order valence-electron chi connectivity index (χ1n) is 4.57. The maximum atomic E-state index is 8.44. The Morgan fingerprint density at radius 3 is 2.77 bits per heavy atom. The van der Waals surface area contributed by atoms with Crippen molar-refractivity contribution >= 4 is 6.08 Å². The Bertz CT molecular complexity index is 367. The van der Waals surface area contributed by atoms with Crippen molar-refractivity contribution in [3.8, 4) is 6.07 Å². The zero-order valence-electron chi connectivity index (χ0n) is 7.40. The molecule has 0 saturated heterocycles. The minimum absolute atomic E-state index is 0.750. The molecular weight excluding hydrogens is 158 g/mol. The third-order valence-electron chi connectivity index (χ3n) is 2.35. The Kier molecular flexibility index (Phi) is 2.14. The molecule has 1 aliphatic carbocycles. The predicted octanol–water partition coefficient (Wildman–Crippen LogP) is 3.10. The number of allylic oxidation sites excluding steroid dienone is 1. The molecular formula is C12H11N. The van der Waals surface area contributed by atoms with Gasteiger partial charge in [-0.2, -0.15) is 5.26 Å². The van der Waals surface area contributed by atoms with Crippen molar-refractivity contribution in [3.05, 3.63) is 41.5 Å². The van der Waals surface area contributed by atoms with Crippen LogP contribution in [-0.2, 0) is 0 Å². The summed E-state index contributed by atoms with van der Waals surface area (Å²) in [6.45, 7) is 0. The van der Waals surface area contributed by atoms with Crippen molar-refractivity contribution < 1.29 is 0 Å².